The summed E-state index contributed by atoms with van der Waals surface area (Å²) in [4.78, 5) is 26.2. The molecular weight excluding hydrogens is 336 g/mol. The van der Waals surface area contributed by atoms with Crippen molar-refractivity contribution >= 4 is 27.9 Å². The van der Waals surface area contributed by atoms with Crippen molar-refractivity contribution < 1.29 is 14.0 Å². The molecule has 0 bridgehead atoms. The maximum absolute atomic E-state index is 12.7. The van der Waals surface area contributed by atoms with Crippen molar-refractivity contribution in [3.63, 3.8) is 0 Å². The van der Waals surface area contributed by atoms with Gasteiger partial charge in [-0.2, -0.15) is 0 Å². The zero-order chi connectivity index (χ0) is 15.8. The predicted molar refractivity (Wildman–Crippen MR) is 83.0 cm³/mol. The van der Waals surface area contributed by atoms with Crippen LogP contribution in [0.2, 0.25) is 0 Å². The molecule has 6 heteroatoms. The number of carbonyl (C=O) groups is 2. The molecule has 1 aromatic rings. The SMILES string of the molecule is CC1(c2ccco2)NC(=O)N(CC(CBr)C(C)(C)C)C1=O. The minimum absolute atomic E-state index is 0.00622. The lowest BCUT2D eigenvalue weighted by molar-refractivity contribution is -0.132. The highest BCUT2D eigenvalue weighted by molar-refractivity contribution is 9.09. The van der Waals surface area contributed by atoms with Crippen LogP contribution in [-0.4, -0.2) is 28.7 Å². The Morgan fingerprint density at radius 2 is 2.10 bits per heavy atom. The van der Waals surface area contributed by atoms with Crippen LogP contribution in [0.4, 0.5) is 4.79 Å². The molecule has 1 aliphatic rings. The topological polar surface area (TPSA) is 62.6 Å². The van der Waals surface area contributed by atoms with E-state index < -0.39 is 5.54 Å². The minimum atomic E-state index is -1.12. The fraction of sp³-hybridized carbons (Fsp3) is 0.600. The molecule has 1 aromatic heterocycles. The van der Waals surface area contributed by atoms with Crippen LogP contribution in [0.1, 0.15) is 33.5 Å². The average Bonchev–Trinajstić information content (AvgIpc) is 2.97. The number of furan rings is 1. The van der Waals surface area contributed by atoms with Crippen molar-refractivity contribution in [3.05, 3.63) is 24.2 Å². The highest BCUT2D eigenvalue weighted by Crippen LogP contribution is 2.33. The highest BCUT2D eigenvalue weighted by atomic mass is 79.9. The van der Waals surface area contributed by atoms with Gasteiger partial charge < -0.3 is 9.73 Å². The van der Waals surface area contributed by atoms with Crippen LogP contribution < -0.4 is 5.32 Å². The van der Waals surface area contributed by atoms with Crippen molar-refractivity contribution in [1.82, 2.24) is 10.2 Å². The summed E-state index contributed by atoms with van der Waals surface area (Å²) in [5, 5.41) is 3.47. The number of imide groups is 1. The molecule has 0 aromatic carbocycles. The summed E-state index contributed by atoms with van der Waals surface area (Å²) in [7, 11) is 0. The van der Waals surface area contributed by atoms with Gasteiger partial charge in [-0.25, -0.2) is 4.79 Å². The molecule has 2 heterocycles. The molecule has 0 spiro atoms. The molecule has 0 saturated carbocycles. The third-order valence-corrected chi connectivity index (χ3v) is 4.88. The quantitative estimate of drug-likeness (QED) is 0.665. The summed E-state index contributed by atoms with van der Waals surface area (Å²) in [6, 6.07) is 3.04. The molecule has 5 nitrogen and oxygen atoms in total. The lowest BCUT2D eigenvalue weighted by Crippen LogP contribution is -2.42. The monoisotopic (exact) mass is 356 g/mol. The highest BCUT2D eigenvalue weighted by Gasteiger charge is 2.51. The molecule has 1 fully saturated rings. The van der Waals surface area contributed by atoms with E-state index in [9.17, 15) is 9.59 Å². The zero-order valence-corrected chi connectivity index (χ0v) is 14.4. The van der Waals surface area contributed by atoms with Crippen molar-refractivity contribution in [2.45, 2.75) is 33.2 Å². The largest absolute Gasteiger partial charge is 0.466 e. The second kappa shape index (κ2) is 5.48. The van der Waals surface area contributed by atoms with Gasteiger partial charge in [0, 0.05) is 11.9 Å². The van der Waals surface area contributed by atoms with E-state index in [4.69, 9.17) is 4.42 Å². The van der Waals surface area contributed by atoms with Crippen LogP contribution in [0.15, 0.2) is 22.8 Å². The molecule has 21 heavy (non-hydrogen) atoms. The number of nitrogens with zero attached hydrogens (tertiary/aromatic N) is 1. The fourth-order valence-corrected chi connectivity index (χ4v) is 3.54. The standard InChI is InChI=1S/C15H21BrN2O3/c1-14(2,3)10(8-16)9-18-12(19)15(4,17-13(18)20)11-6-5-7-21-11/h5-7,10H,8-9H2,1-4H3,(H,17,20). The smallest absolute Gasteiger partial charge is 0.325 e. The third-order valence-electron chi connectivity index (χ3n) is 4.10. The van der Waals surface area contributed by atoms with Crippen LogP contribution in [0, 0.1) is 11.3 Å². The lowest BCUT2D eigenvalue weighted by Gasteiger charge is -2.31. The molecule has 1 saturated heterocycles. The van der Waals surface area contributed by atoms with Crippen LogP contribution in [0.5, 0.6) is 0 Å². The van der Waals surface area contributed by atoms with Gasteiger partial charge in [0.25, 0.3) is 5.91 Å². The number of alkyl halides is 1. The first-order chi connectivity index (χ1) is 9.70. The van der Waals surface area contributed by atoms with Gasteiger partial charge in [-0.05, 0) is 30.4 Å². The van der Waals surface area contributed by atoms with Crippen LogP contribution in [0.25, 0.3) is 0 Å². The summed E-state index contributed by atoms with van der Waals surface area (Å²) < 4.78 is 5.31. The number of nitrogens with one attached hydrogen (secondary N) is 1. The Kier molecular flexibility index (Phi) is 4.19. The number of hydrogen-bond acceptors (Lipinski definition) is 3. The number of urea groups is 1. The molecule has 2 rings (SSSR count). The van der Waals surface area contributed by atoms with Crippen LogP contribution in [-0.2, 0) is 10.3 Å². The molecular formula is C15H21BrN2O3. The third kappa shape index (κ3) is 2.86. The van der Waals surface area contributed by atoms with Crippen molar-refractivity contribution in [3.8, 4) is 0 Å². The first-order valence-corrected chi connectivity index (χ1v) is 8.06. The van der Waals surface area contributed by atoms with E-state index >= 15 is 0 Å². The van der Waals surface area contributed by atoms with Crippen molar-refractivity contribution in [2.75, 3.05) is 11.9 Å². The molecule has 2 unspecified atom stereocenters. The van der Waals surface area contributed by atoms with Crippen LogP contribution >= 0.6 is 15.9 Å². The minimum Gasteiger partial charge on any atom is -0.466 e. The van der Waals surface area contributed by atoms with Gasteiger partial charge in [-0.1, -0.05) is 36.7 Å². The maximum Gasteiger partial charge on any atom is 0.325 e. The molecule has 1 aliphatic heterocycles. The summed E-state index contributed by atoms with van der Waals surface area (Å²) in [6.45, 7) is 8.36. The van der Waals surface area contributed by atoms with Crippen molar-refractivity contribution in [1.29, 1.82) is 0 Å². The van der Waals surface area contributed by atoms with Gasteiger partial charge in [0.05, 0.1) is 6.26 Å². The Morgan fingerprint density at radius 3 is 2.57 bits per heavy atom. The number of hydrogen-bond donors (Lipinski definition) is 1. The Morgan fingerprint density at radius 1 is 1.43 bits per heavy atom. The Hall–Kier alpha value is -1.30. The lowest BCUT2D eigenvalue weighted by atomic mass is 9.81. The molecule has 0 aliphatic carbocycles. The van der Waals surface area contributed by atoms with E-state index in [1.54, 1.807) is 19.1 Å². The Labute approximate surface area is 133 Å². The molecule has 3 amide bonds. The number of rotatable bonds is 4. The van der Waals surface area contributed by atoms with Gasteiger partial charge in [0.1, 0.15) is 5.76 Å². The molecule has 2 atom stereocenters. The van der Waals surface area contributed by atoms with Crippen molar-refractivity contribution in [2.24, 2.45) is 11.3 Å². The van der Waals surface area contributed by atoms with Gasteiger partial charge in [-0.3, -0.25) is 9.69 Å². The fourth-order valence-electron chi connectivity index (χ4n) is 2.37. The van der Waals surface area contributed by atoms with Gasteiger partial charge in [0.2, 0.25) is 0 Å². The first kappa shape index (κ1) is 16.1. The normalized spacial score (nSPS) is 24.3. The van der Waals surface area contributed by atoms with Gasteiger partial charge in [0.15, 0.2) is 5.54 Å². The average molecular weight is 357 g/mol. The number of halogens is 1. The van der Waals surface area contributed by atoms with E-state index in [1.807, 2.05) is 0 Å². The van der Waals surface area contributed by atoms with E-state index in [2.05, 4.69) is 42.0 Å². The summed E-state index contributed by atoms with van der Waals surface area (Å²) in [5.74, 6) is 0.360. The Balaban J connectivity index is 2.23. The summed E-state index contributed by atoms with van der Waals surface area (Å²) in [6.07, 6.45) is 1.50. The van der Waals surface area contributed by atoms with Gasteiger partial charge >= 0.3 is 6.03 Å². The summed E-state index contributed by atoms with van der Waals surface area (Å²) >= 11 is 3.48. The molecule has 0 radical (unpaired) electrons. The van der Waals surface area contributed by atoms with Crippen LogP contribution in [0.3, 0.4) is 0 Å². The van der Waals surface area contributed by atoms with Gasteiger partial charge in [-0.15, -0.1) is 0 Å². The first-order valence-electron chi connectivity index (χ1n) is 6.94. The molecule has 116 valence electrons. The second-order valence-electron chi connectivity index (χ2n) is 6.67. The van der Waals surface area contributed by atoms with E-state index in [-0.39, 0.29) is 23.3 Å². The second-order valence-corrected chi connectivity index (χ2v) is 7.31. The Bertz CT molecular complexity index is 536. The number of amides is 3. The zero-order valence-electron chi connectivity index (χ0n) is 12.8. The maximum atomic E-state index is 12.7. The summed E-state index contributed by atoms with van der Waals surface area (Å²) in [5.41, 5.74) is -1.12. The van der Waals surface area contributed by atoms with E-state index in [0.29, 0.717) is 12.3 Å². The predicted octanol–water partition coefficient (Wildman–Crippen LogP) is 3.10. The van der Waals surface area contributed by atoms with E-state index in [1.165, 1.54) is 11.2 Å². The molecule has 1 N–H and O–H groups in total. The number of carbonyl (C=O) groups excluding carboxylic acids is 2. The van der Waals surface area contributed by atoms with E-state index in [0.717, 1.165) is 5.33 Å².